The summed E-state index contributed by atoms with van der Waals surface area (Å²) in [5, 5.41) is 0.892. The average molecular weight is 751 g/mol. The van der Waals surface area contributed by atoms with Crippen LogP contribution in [0, 0.1) is 11.8 Å². The first-order chi connectivity index (χ1) is 22.8. The normalized spacial score (nSPS) is 26.2. The van der Waals surface area contributed by atoms with Gasteiger partial charge in [0.25, 0.3) is 0 Å². The molecule has 4 bridgehead atoms. The molecule has 4 aliphatic heterocycles. The Morgan fingerprint density at radius 2 is 1.45 bits per heavy atom. The maximum Gasteiger partial charge on any atom is 0.350 e. The molecule has 270 valence electrons. The van der Waals surface area contributed by atoms with Crippen molar-refractivity contribution in [2.75, 3.05) is 19.8 Å². The molecular formula is C33H50O12Si4. The van der Waals surface area contributed by atoms with Crippen LogP contribution in [0.3, 0.4) is 0 Å². The Morgan fingerprint density at radius 1 is 0.816 bits per heavy atom. The molecule has 3 fully saturated rings. The van der Waals surface area contributed by atoms with E-state index in [0.717, 1.165) is 36.5 Å². The van der Waals surface area contributed by atoms with Gasteiger partial charge in [0.15, 0.2) is 25.0 Å². The lowest BCUT2D eigenvalue weighted by molar-refractivity contribution is -0.156. The van der Waals surface area contributed by atoms with Crippen molar-refractivity contribution in [3.63, 3.8) is 0 Å². The smallest absolute Gasteiger partial charge is 0.350 e. The molecule has 6 atom stereocenters. The molecule has 6 rings (SSSR count). The van der Waals surface area contributed by atoms with Crippen LogP contribution in [0.15, 0.2) is 10.5 Å². The molecule has 12 nitrogen and oxygen atoms in total. The number of cyclic esters (lactones) is 4. The van der Waals surface area contributed by atoms with E-state index in [-0.39, 0.29) is 35.0 Å². The molecule has 0 aromatic carbocycles. The van der Waals surface area contributed by atoms with Gasteiger partial charge in [0.1, 0.15) is 22.3 Å². The van der Waals surface area contributed by atoms with Crippen molar-refractivity contribution in [1.82, 2.24) is 0 Å². The fourth-order valence-corrected chi connectivity index (χ4v) is 26.7. The second-order valence-electron chi connectivity index (χ2n) is 16.4. The number of carbonyl (C=O) groups excluding carboxylic acids is 4. The van der Waals surface area contributed by atoms with E-state index in [2.05, 4.69) is 52.4 Å². The van der Waals surface area contributed by atoms with Gasteiger partial charge in [-0.2, -0.15) is 0 Å². The summed E-state index contributed by atoms with van der Waals surface area (Å²) in [4.78, 5) is 48.7. The summed E-state index contributed by atoms with van der Waals surface area (Å²) < 4.78 is 47.4. The molecule has 6 unspecified atom stereocenters. The van der Waals surface area contributed by atoms with Crippen LogP contribution in [0.2, 0.25) is 70.0 Å². The van der Waals surface area contributed by atoms with Gasteiger partial charge in [0.2, 0.25) is 8.32 Å². The number of hydrogen-bond acceptors (Lipinski definition) is 12. The lowest BCUT2D eigenvalue weighted by Gasteiger charge is -2.41. The number of benzene rings is 1. The standard InChI is InChI=1S/C33H50O12Si4/c1-19(39-13-11-15-47(4,5)45-49(8,9)23-17-21-25-27(29(23)41-21)33(37)43-31(25)35)18-38-12-10-14-46(2,3)44-48(6,7)22-16-20-24-26(28(22)40-20)32(36)42-30(24)34/h16,19,21,23,25,27,29H,10-15,17-18H2,1-9H3. The monoisotopic (exact) mass is 750 g/mol. The van der Waals surface area contributed by atoms with E-state index in [1.54, 1.807) is 0 Å². The van der Waals surface area contributed by atoms with Crippen LogP contribution in [-0.2, 0) is 41.5 Å². The number of hydrogen-bond donors (Lipinski definition) is 0. The van der Waals surface area contributed by atoms with E-state index in [0.29, 0.717) is 31.0 Å². The van der Waals surface area contributed by atoms with Crippen molar-refractivity contribution in [3.05, 3.63) is 17.2 Å². The summed E-state index contributed by atoms with van der Waals surface area (Å²) in [6.45, 7) is 21.3. The Labute approximate surface area is 291 Å². The van der Waals surface area contributed by atoms with Gasteiger partial charge in [-0.1, -0.05) is 0 Å². The number of esters is 4. The number of fused-ring (bicyclic) bond motifs is 10. The van der Waals surface area contributed by atoms with Crippen LogP contribution in [0.4, 0.5) is 0 Å². The minimum atomic E-state index is -2.43. The molecule has 3 saturated heterocycles. The summed E-state index contributed by atoms with van der Waals surface area (Å²) in [6.07, 6.45) is 2.02. The van der Waals surface area contributed by atoms with Crippen LogP contribution < -0.4 is 5.19 Å². The maximum atomic E-state index is 12.3. The van der Waals surface area contributed by atoms with Gasteiger partial charge in [0.05, 0.1) is 36.8 Å². The lowest BCUT2D eigenvalue weighted by atomic mass is 9.81. The predicted octanol–water partition coefficient (Wildman–Crippen LogP) is 5.30. The molecule has 0 N–H and O–H groups in total. The molecule has 2 aromatic heterocycles. The first-order valence-electron chi connectivity index (χ1n) is 17.5. The zero-order chi connectivity index (χ0) is 35.7. The Morgan fingerprint density at radius 3 is 2.16 bits per heavy atom. The number of ether oxygens (including phenoxy) is 5. The van der Waals surface area contributed by atoms with Gasteiger partial charge in [0, 0.05) is 23.9 Å². The highest BCUT2D eigenvalue weighted by molar-refractivity contribution is 6.93. The highest BCUT2D eigenvalue weighted by Gasteiger charge is 2.67. The Kier molecular flexibility index (Phi) is 9.89. The van der Waals surface area contributed by atoms with Crippen molar-refractivity contribution in [3.8, 4) is 0 Å². The van der Waals surface area contributed by atoms with Crippen LogP contribution in [-0.4, -0.2) is 95.3 Å². The van der Waals surface area contributed by atoms with Gasteiger partial charge in [-0.3, -0.25) is 9.59 Å². The number of carbonyl (C=O) groups is 4. The van der Waals surface area contributed by atoms with E-state index in [1.165, 1.54) is 0 Å². The van der Waals surface area contributed by atoms with Gasteiger partial charge >= 0.3 is 23.9 Å². The topological polar surface area (TPSA) is 146 Å². The Bertz CT molecular complexity index is 1620. The molecule has 0 radical (unpaired) electrons. The van der Waals surface area contributed by atoms with E-state index >= 15 is 0 Å². The van der Waals surface area contributed by atoms with E-state index < -0.39 is 69.0 Å². The maximum absolute atomic E-state index is 12.3. The fraction of sp³-hybridized carbons (Fsp3) is 0.697. The van der Waals surface area contributed by atoms with Crippen molar-refractivity contribution in [2.24, 2.45) is 11.8 Å². The molecule has 16 heteroatoms. The van der Waals surface area contributed by atoms with Crippen LogP contribution >= 0.6 is 0 Å². The zero-order valence-corrected chi connectivity index (χ0v) is 34.1. The van der Waals surface area contributed by atoms with Gasteiger partial charge in [-0.15, -0.1) is 0 Å². The van der Waals surface area contributed by atoms with Crippen molar-refractivity contribution in [2.45, 2.75) is 115 Å². The second kappa shape index (κ2) is 13.2. The average Bonchev–Trinajstić information content (AvgIpc) is 3.81. The minimum absolute atomic E-state index is 0.0232. The van der Waals surface area contributed by atoms with Gasteiger partial charge in [-0.05, 0) is 96.7 Å². The highest BCUT2D eigenvalue weighted by Crippen LogP contribution is 2.56. The third-order valence-corrected chi connectivity index (χ3v) is 26.2. The summed E-state index contributed by atoms with van der Waals surface area (Å²) in [7, 11) is -8.73. The Hall–Kier alpha value is -2.03. The molecule has 49 heavy (non-hydrogen) atoms. The lowest BCUT2D eigenvalue weighted by Crippen LogP contribution is -2.52. The fourth-order valence-electron chi connectivity index (χ4n) is 8.52. The van der Waals surface area contributed by atoms with Crippen LogP contribution in [0.25, 0.3) is 11.2 Å². The van der Waals surface area contributed by atoms with E-state index in [9.17, 15) is 19.2 Å². The Balaban J connectivity index is 0.869. The van der Waals surface area contributed by atoms with Crippen molar-refractivity contribution >= 4 is 73.5 Å². The molecule has 4 aliphatic rings. The summed E-state index contributed by atoms with van der Waals surface area (Å²) in [5.41, 5.74) is 1.49. The number of rotatable bonds is 17. The zero-order valence-electron chi connectivity index (χ0n) is 30.1. The SMILES string of the molecule is CC(COCCC[Si](C)(C)O[Si](C)(C)c1cc2oc1c1c2C(=O)OC1=O)OCCC[Si](C)(C)O[Si](C)(C)C1CC2OC1C1C(=O)OC(=O)C21. The largest absolute Gasteiger partial charge is 0.456 e. The number of furan rings is 2. The van der Waals surface area contributed by atoms with E-state index in [1.807, 2.05) is 13.0 Å². The molecule has 0 spiro atoms. The third kappa shape index (κ3) is 7.22. The quantitative estimate of drug-likeness (QED) is 0.0895. The summed E-state index contributed by atoms with van der Waals surface area (Å²) >= 11 is 0. The first kappa shape index (κ1) is 36.7. The predicted molar refractivity (Wildman–Crippen MR) is 189 cm³/mol. The third-order valence-electron chi connectivity index (χ3n) is 10.5. The molecule has 0 saturated carbocycles. The van der Waals surface area contributed by atoms with Crippen LogP contribution in [0.5, 0.6) is 0 Å². The van der Waals surface area contributed by atoms with Gasteiger partial charge in [-0.25, -0.2) is 9.59 Å². The summed E-state index contributed by atoms with van der Waals surface area (Å²) in [5.74, 6) is -3.04. The summed E-state index contributed by atoms with van der Waals surface area (Å²) in [6, 6.07) is 3.73. The highest BCUT2D eigenvalue weighted by atomic mass is 28.4. The molecule has 6 heterocycles. The molecule has 2 aromatic rings. The molecular weight excluding hydrogens is 701 g/mol. The molecule has 0 aliphatic carbocycles. The first-order valence-corrected chi connectivity index (χ1v) is 29.6. The van der Waals surface area contributed by atoms with Crippen molar-refractivity contribution < 1.29 is 55.5 Å². The second-order valence-corrected chi connectivity index (χ2v) is 33.5. The van der Waals surface area contributed by atoms with E-state index in [4.69, 9.17) is 36.3 Å². The van der Waals surface area contributed by atoms with Crippen molar-refractivity contribution in [1.29, 1.82) is 0 Å². The minimum Gasteiger partial charge on any atom is -0.456 e. The van der Waals surface area contributed by atoms with Gasteiger partial charge < -0.3 is 36.3 Å². The van der Waals surface area contributed by atoms with Crippen LogP contribution in [0.1, 0.15) is 46.9 Å². The molecule has 0 amide bonds.